The van der Waals surface area contributed by atoms with Crippen LogP contribution < -0.4 is 5.32 Å². The quantitative estimate of drug-likeness (QED) is 0.659. The number of ether oxygens (including phenoxy) is 2. The number of nitrogens with one attached hydrogen (secondary N) is 1. The highest BCUT2D eigenvalue weighted by Crippen LogP contribution is 2.25. The molecule has 1 rings (SSSR count). The molecule has 1 saturated carbocycles. The molecule has 0 aromatic carbocycles. The monoisotopic (exact) mass is 259 g/mol. The maximum absolute atomic E-state index is 10.8. The van der Waals surface area contributed by atoms with Crippen molar-refractivity contribution in [1.82, 2.24) is 5.32 Å². The van der Waals surface area contributed by atoms with Crippen molar-refractivity contribution in [1.29, 1.82) is 0 Å². The van der Waals surface area contributed by atoms with Crippen LogP contribution in [0.3, 0.4) is 0 Å². The lowest BCUT2D eigenvalue weighted by molar-refractivity contribution is -0.139. The second-order valence-corrected chi connectivity index (χ2v) is 5.09. The molecule has 5 nitrogen and oxygen atoms in total. The summed E-state index contributed by atoms with van der Waals surface area (Å²) in [6, 6.07) is 0. The fraction of sp³-hybridized carbons (Fsp3) is 0.923. The van der Waals surface area contributed by atoms with Gasteiger partial charge in [-0.15, -0.1) is 0 Å². The van der Waals surface area contributed by atoms with Crippen LogP contribution in [0.5, 0.6) is 0 Å². The molecule has 106 valence electrons. The molecule has 0 saturated heterocycles. The van der Waals surface area contributed by atoms with Gasteiger partial charge in [0.25, 0.3) is 0 Å². The summed E-state index contributed by atoms with van der Waals surface area (Å²) in [6.45, 7) is 3.03. The lowest BCUT2D eigenvalue weighted by atomic mass is 9.89. The minimum atomic E-state index is -0.577. The SMILES string of the molecule is COC(=O)CNCC(O)COC1CCCC(C)C1. The van der Waals surface area contributed by atoms with E-state index in [-0.39, 0.29) is 18.6 Å². The molecule has 0 aromatic rings. The molecule has 0 aromatic heterocycles. The molecular formula is C13H25NO4. The van der Waals surface area contributed by atoms with E-state index in [2.05, 4.69) is 17.0 Å². The van der Waals surface area contributed by atoms with Gasteiger partial charge in [0.05, 0.1) is 32.5 Å². The number of carbonyl (C=O) groups is 1. The Bertz CT molecular complexity index is 247. The minimum absolute atomic E-state index is 0.119. The van der Waals surface area contributed by atoms with Crippen molar-refractivity contribution < 1.29 is 19.4 Å². The first-order valence-electron chi connectivity index (χ1n) is 6.69. The van der Waals surface area contributed by atoms with Crippen LogP contribution in [0.4, 0.5) is 0 Å². The molecule has 0 bridgehead atoms. The van der Waals surface area contributed by atoms with Gasteiger partial charge in [-0.25, -0.2) is 0 Å². The van der Waals surface area contributed by atoms with E-state index >= 15 is 0 Å². The number of carbonyl (C=O) groups excluding carboxylic acids is 1. The summed E-state index contributed by atoms with van der Waals surface area (Å²) in [4.78, 5) is 10.8. The largest absolute Gasteiger partial charge is 0.468 e. The van der Waals surface area contributed by atoms with Gasteiger partial charge in [0, 0.05) is 6.54 Å². The number of aliphatic hydroxyl groups excluding tert-OH is 1. The van der Waals surface area contributed by atoms with Crippen LogP contribution in [0.1, 0.15) is 32.6 Å². The highest BCUT2D eigenvalue weighted by atomic mass is 16.5. The number of methoxy groups -OCH3 is 1. The van der Waals surface area contributed by atoms with Gasteiger partial charge in [-0.05, 0) is 18.8 Å². The maximum Gasteiger partial charge on any atom is 0.319 e. The van der Waals surface area contributed by atoms with Crippen LogP contribution >= 0.6 is 0 Å². The van der Waals surface area contributed by atoms with Crippen LogP contribution in [0.25, 0.3) is 0 Å². The van der Waals surface area contributed by atoms with E-state index in [0.717, 1.165) is 18.8 Å². The third-order valence-corrected chi connectivity index (χ3v) is 3.29. The Labute approximate surface area is 109 Å². The van der Waals surface area contributed by atoms with Gasteiger partial charge < -0.3 is 19.9 Å². The van der Waals surface area contributed by atoms with Crippen molar-refractivity contribution in [2.75, 3.05) is 26.8 Å². The standard InChI is InChI=1S/C13H25NO4/c1-10-4-3-5-12(6-10)18-9-11(15)7-14-8-13(16)17-2/h10-12,14-15H,3-9H2,1-2H3. The second kappa shape index (κ2) is 8.45. The Morgan fingerprint density at radius 1 is 1.50 bits per heavy atom. The summed E-state index contributed by atoms with van der Waals surface area (Å²) >= 11 is 0. The highest BCUT2D eigenvalue weighted by Gasteiger charge is 2.20. The number of rotatable bonds is 7. The molecule has 3 unspecified atom stereocenters. The molecule has 0 spiro atoms. The number of esters is 1. The zero-order chi connectivity index (χ0) is 13.4. The van der Waals surface area contributed by atoms with Gasteiger partial charge in [0.15, 0.2) is 0 Å². The van der Waals surface area contributed by atoms with E-state index in [9.17, 15) is 9.90 Å². The molecule has 5 heteroatoms. The van der Waals surface area contributed by atoms with Crippen molar-refractivity contribution in [3.8, 4) is 0 Å². The second-order valence-electron chi connectivity index (χ2n) is 5.09. The first-order chi connectivity index (χ1) is 8.61. The van der Waals surface area contributed by atoms with Crippen LogP contribution in [-0.4, -0.2) is 50.1 Å². The van der Waals surface area contributed by atoms with Crippen molar-refractivity contribution in [2.45, 2.75) is 44.8 Å². The van der Waals surface area contributed by atoms with Gasteiger partial charge in [0.2, 0.25) is 0 Å². The third-order valence-electron chi connectivity index (χ3n) is 3.29. The van der Waals surface area contributed by atoms with Crippen LogP contribution in [-0.2, 0) is 14.3 Å². The zero-order valence-corrected chi connectivity index (χ0v) is 11.4. The molecule has 0 heterocycles. The summed E-state index contributed by atoms with van der Waals surface area (Å²) < 4.78 is 10.2. The molecule has 0 aliphatic heterocycles. The van der Waals surface area contributed by atoms with Gasteiger partial charge in [-0.1, -0.05) is 19.8 Å². The number of aliphatic hydroxyl groups is 1. The average molecular weight is 259 g/mol. The van der Waals surface area contributed by atoms with E-state index in [1.54, 1.807) is 0 Å². The summed E-state index contributed by atoms with van der Waals surface area (Å²) in [6.07, 6.45) is 4.37. The topological polar surface area (TPSA) is 67.8 Å². The summed E-state index contributed by atoms with van der Waals surface area (Å²) in [5, 5.41) is 12.5. The van der Waals surface area contributed by atoms with Crippen molar-refractivity contribution in [2.24, 2.45) is 5.92 Å². The van der Waals surface area contributed by atoms with Gasteiger partial charge >= 0.3 is 5.97 Å². The highest BCUT2D eigenvalue weighted by molar-refractivity contribution is 5.71. The lowest BCUT2D eigenvalue weighted by Gasteiger charge is -2.27. The Kier molecular flexibility index (Phi) is 7.23. The van der Waals surface area contributed by atoms with Crippen molar-refractivity contribution >= 4 is 5.97 Å². The van der Waals surface area contributed by atoms with Crippen LogP contribution in [0.15, 0.2) is 0 Å². The normalized spacial score (nSPS) is 25.7. The number of hydrogen-bond acceptors (Lipinski definition) is 5. The van der Waals surface area contributed by atoms with Crippen molar-refractivity contribution in [3.63, 3.8) is 0 Å². The average Bonchev–Trinajstić information content (AvgIpc) is 2.36. The molecule has 1 fully saturated rings. The molecule has 1 aliphatic rings. The fourth-order valence-electron chi connectivity index (χ4n) is 2.25. The first-order valence-corrected chi connectivity index (χ1v) is 6.69. The Morgan fingerprint density at radius 2 is 2.28 bits per heavy atom. The minimum Gasteiger partial charge on any atom is -0.468 e. The van der Waals surface area contributed by atoms with Gasteiger partial charge in [0.1, 0.15) is 0 Å². The molecule has 1 aliphatic carbocycles. The number of hydrogen-bond donors (Lipinski definition) is 2. The van der Waals surface area contributed by atoms with E-state index in [0.29, 0.717) is 13.2 Å². The predicted molar refractivity (Wildman–Crippen MR) is 68.3 cm³/mol. The maximum atomic E-state index is 10.8. The fourth-order valence-corrected chi connectivity index (χ4v) is 2.25. The van der Waals surface area contributed by atoms with E-state index in [1.807, 2.05) is 0 Å². The predicted octanol–water partition coefficient (Wildman–Crippen LogP) is 0.705. The van der Waals surface area contributed by atoms with E-state index in [1.165, 1.54) is 20.0 Å². The van der Waals surface area contributed by atoms with Gasteiger partial charge in [-0.3, -0.25) is 4.79 Å². The van der Waals surface area contributed by atoms with E-state index < -0.39 is 6.10 Å². The Hall–Kier alpha value is -0.650. The summed E-state index contributed by atoms with van der Waals surface area (Å²) in [7, 11) is 1.34. The molecule has 3 atom stereocenters. The van der Waals surface area contributed by atoms with Crippen LogP contribution in [0.2, 0.25) is 0 Å². The third kappa shape index (κ3) is 6.33. The van der Waals surface area contributed by atoms with Gasteiger partial charge in [-0.2, -0.15) is 0 Å². The Morgan fingerprint density at radius 3 is 2.94 bits per heavy atom. The molecule has 18 heavy (non-hydrogen) atoms. The zero-order valence-electron chi connectivity index (χ0n) is 11.4. The van der Waals surface area contributed by atoms with Crippen LogP contribution in [0, 0.1) is 5.92 Å². The summed E-state index contributed by atoms with van der Waals surface area (Å²) in [5.74, 6) is 0.391. The molecular weight excluding hydrogens is 234 g/mol. The molecule has 0 radical (unpaired) electrons. The lowest BCUT2D eigenvalue weighted by Crippen LogP contribution is -2.35. The molecule has 2 N–H and O–H groups in total. The Balaban J connectivity index is 2.05. The summed E-state index contributed by atoms with van der Waals surface area (Å²) in [5.41, 5.74) is 0. The smallest absolute Gasteiger partial charge is 0.319 e. The molecule has 0 amide bonds. The van der Waals surface area contributed by atoms with Crippen molar-refractivity contribution in [3.05, 3.63) is 0 Å². The van der Waals surface area contributed by atoms with E-state index in [4.69, 9.17) is 4.74 Å². The first kappa shape index (κ1) is 15.4.